The first kappa shape index (κ1) is 29.6. The van der Waals surface area contributed by atoms with Gasteiger partial charge in [0.15, 0.2) is 0 Å². The highest BCUT2D eigenvalue weighted by atomic mass is 35.5. The number of unbranched alkanes of at least 4 members (excludes halogenated alkanes) is 1. The van der Waals surface area contributed by atoms with Gasteiger partial charge in [-0.05, 0) is 74.1 Å². The molecule has 2 rings (SSSR count). The highest BCUT2D eigenvalue weighted by Crippen LogP contribution is 2.41. The normalized spacial score (nSPS) is 22.4. The van der Waals surface area contributed by atoms with Crippen LogP contribution in [-0.2, 0) is 16.0 Å². The molecule has 0 spiro atoms. The first-order chi connectivity index (χ1) is 15.3. The van der Waals surface area contributed by atoms with Crippen LogP contribution in [0.3, 0.4) is 0 Å². The van der Waals surface area contributed by atoms with Gasteiger partial charge in [-0.15, -0.1) is 34.8 Å². The molecule has 3 nitrogen and oxygen atoms in total. The summed E-state index contributed by atoms with van der Waals surface area (Å²) in [7, 11) is 0. The quantitative estimate of drug-likeness (QED) is 0.134. The SMILES string of the molecule is C=CCOC(=O)CCC/C=C\C[C@@H]1[C@@H](CCc2cc(Cl)cc(Cl)c2)[C@H](O)C[C@H]1Cl.ClCCl. The van der Waals surface area contributed by atoms with E-state index < -0.39 is 0 Å². The number of ether oxygens (including phenoxy) is 1. The summed E-state index contributed by atoms with van der Waals surface area (Å²) in [5.74, 6) is 0.183. The zero-order valence-electron chi connectivity index (χ0n) is 18.0. The lowest BCUT2D eigenvalue weighted by molar-refractivity contribution is -0.142. The molecule has 0 aliphatic heterocycles. The van der Waals surface area contributed by atoms with Crippen LogP contribution >= 0.6 is 58.0 Å². The lowest BCUT2D eigenvalue weighted by Gasteiger charge is -2.22. The number of aliphatic hydroxyl groups is 1. The van der Waals surface area contributed by atoms with E-state index in [2.05, 4.69) is 18.7 Å². The van der Waals surface area contributed by atoms with Crippen molar-refractivity contribution in [3.8, 4) is 0 Å². The van der Waals surface area contributed by atoms with Crippen molar-refractivity contribution in [3.05, 3.63) is 58.6 Å². The fourth-order valence-electron chi connectivity index (χ4n) is 3.91. The third-order valence-electron chi connectivity index (χ3n) is 5.35. The summed E-state index contributed by atoms with van der Waals surface area (Å²) in [4.78, 5) is 11.4. The summed E-state index contributed by atoms with van der Waals surface area (Å²) in [6, 6.07) is 5.56. The molecule has 0 amide bonds. The Bertz CT molecular complexity index is 705. The molecule has 0 bridgehead atoms. The van der Waals surface area contributed by atoms with E-state index in [1.54, 1.807) is 12.1 Å². The van der Waals surface area contributed by atoms with Crippen LogP contribution in [0.2, 0.25) is 10.0 Å². The van der Waals surface area contributed by atoms with Gasteiger partial charge in [0.2, 0.25) is 0 Å². The van der Waals surface area contributed by atoms with Crippen molar-refractivity contribution in [2.45, 2.75) is 56.4 Å². The molecular formula is C24H31Cl5O3. The van der Waals surface area contributed by atoms with Gasteiger partial charge in [-0.3, -0.25) is 4.79 Å². The Kier molecular flexibility index (Phi) is 15.8. The maximum absolute atomic E-state index is 11.4. The van der Waals surface area contributed by atoms with E-state index >= 15 is 0 Å². The summed E-state index contributed by atoms with van der Waals surface area (Å²) >= 11 is 28.2. The first-order valence-electron chi connectivity index (χ1n) is 10.6. The van der Waals surface area contributed by atoms with Crippen molar-refractivity contribution >= 4 is 64.0 Å². The monoisotopic (exact) mass is 542 g/mol. The molecule has 0 radical (unpaired) electrons. The minimum absolute atomic E-state index is 0.0310. The molecule has 1 saturated carbocycles. The van der Waals surface area contributed by atoms with Crippen LogP contribution in [0.15, 0.2) is 43.0 Å². The number of esters is 1. The number of aliphatic hydroxyl groups excluding tert-OH is 1. The number of hydrogen-bond donors (Lipinski definition) is 1. The molecule has 180 valence electrons. The number of aryl methyl sites for hydroxylation is 1. The molecule has 0 aromatic heterocycles. The lowest BCUT2D eigenvalue weighted by atomic mass is 9.86. The average Bonchev–Trinajstić information content (AvgIpc) is 2.99. The summed E-state index contributed by atoms with van der Waals surface area (Å²) in [6.07, 6.45) is 10.5. The van der Waals surface area contributed by atoms with Crippen LogP contribution in [0.5, 0.6) is 0 Å². The van der Waals surface area contributed by atoms with E-state index in [0.717, 1.165) is 37.7 Å². The van der Waals surface area contributed by atoms with Gasteiger partial charge < -0.3 is 9.84 Å². The van der Waals surface area contributed by atoms with Crippen LogP contribution in [0.1, 0.15) is 44.1 Å². The largest absolute Gasteiger partial charge is 0.461 e. The molecule has 0 heterocycles. The minimum Gasteiger partial charge on any atom is -0.461 e. The van der Waals surface area contributed by atoms with Gasteiger partial charge in [-0.2, -0.15) is 0 Å². The lowest BCUT2D eigenvalue weighted by Crippen LogP contribution is -2.21. The van der Waals surface area contributed by atoms with Crippen LogP contribution in [0.4, 0.5) is 0 Å². The van der Waals surface area contributed by atoms with Gasteiger partial charge >= 0.3 is 5.97 Å². The summed E-state index contributed by atoms with van der Waals surface area (Å²) in [5, 5.41) is 11.9. The number of carbonyl (C=O) groups is 1. The number of benzene rings is 1. The summed E-state index contributed by atoms with van der Waals surface area (Å²) < 4.78 is 4.95. The van der Waals surface area contributed by atoms with E-state index in [4.69, 9.17) is 62.7 Å². The zero-order valence-corrected chi connectivity index (χ0v) is 21.8. The Morgan fingerprint density at radius 2 is 1.81 bits per heavy atom. The average molecular weight is 545 g/mol. The standard InChI is InChI=1S/C23H29Cl3O3.CH2Cl2/c1-2-11-29-23(28)8-6-4-3-5-7-19-20(22(27)15-21(19)26)10-9-16-12-17(24)14-18(25)13-16;2-1-3/h2-3,5,12-14,19-22,27H,1,4,6-11,15H2;1H2/b5-3-;/t19-,20-,21-,22-;/m1./s1. The molecule has 32 heavy (non-hydrogen) atoms. The maximum Gasteiger partial charge on any atom is 0.306 e. The Hall–Kier alpha value is -0.420. The summed E-state index contributed by atoms with van der Waals surface area (Å²) in [6.45, 7) is 3.78. The Morgan fingerprint density at radius 3 is 2.44 bits per heavy atom. The van der Waals surface area contributed by atoms with Gasteiger partial charge in [-0.25, -0.2) is 0 Å². The smallest absolute Gasteiger partial charge is 0.306 e. The molecule has 0 unspecified atom stereocenters. The Balaban J connectivity index is 0.00000161. The van der Waals surface area contributed by atoms with Gasteiger partial charge in [0.25, 0.3) is 0 Å². The van der Waals surface area contributed by atoms with Gasteiger partial charge in [0.05, 0.1) is 11.4 Å². The molecule has 1 aromatic carbocycles. The number of carbonyl (C=O) groups excluding carboxylic acids is 1. The molecule has 1 fully saturated rings. The number of allylic oxidation sites excluding steroid dienone is 2. The van der Waals surface area contributed by atoms with Crippen LogP contribution in [0.25, 0.3) is 0 Å². The van der Waals surface area contributed by atoms with E-state index in [1.807, 2.05) is 12.1 Å². The minimum atomic E-state index is -0.384. The third-order valence-corrected chi connectivity index (χ3v) is 6.29. The van der Waals surface area contributed by atoms with Crippen molar-refractivity contribution in [2.24, 2.45) is 11.8 Å². The predicted molar refractivity (Wildman–Crippen MR) is 137 cm³/mol. The number of hydrogen-bond acceptors (Lipinski definition) is 3. The number of alkyl halides is 3. The zero-order chi connectivity index (χ0) is 23.9. The molecule has 1 aliphatic rings. The second-order valence-electron chi connectivity index (χ2n) is 7.64. The van der Waals surface area contributed by atoms with Gasteiger partial charge in [0, 0.05) is 21.8 Å². The van der Waals surface area contributed by atoms with Crippen LogP contribution in [0, 0.1) is 11.8 Å². The van der Waals surface area contributed by atoms with Crippen molar-refractivity contribution in [1.82, 2.24) is 0 Å². The van der Waals surface area contributed by atoms with E-state index in [9.17, 15) is 9.90 Å². The highest BCUT2D eigenvalue weighted by Gasteiger charge is 2.40. The van der Waals surface area contributed by atoms with Gasteiger partial charge in [-0.1, -0.05) is 48.0 Å². The van der Waals surface area contributed by atoms with Crippen LogP contribution in [-0.4, -0.2) is 34.5 Å². The molecular weight excluding hydrogens is 514 g/mol. The van der Waals surface area contributed by atoms with Crippen molar-refractivity contribution in [2.75, 3.05) is 11.9 Å². The van der Waals surface area contributed by atoms with Crippen molar-refractivity contribution < 1.29 is 14.6 Å². The molecule has 4 atom stereocenters. The van der Waals surface area contributed by atoms with Crippen molar-refractivity contribution in [3.63, 3.8) is 0 Å². The second kappa shape index (κ2) is 17.1. The number of halogens is 5. The van der Waals surface area contributed by atoms with Crippen molar-refractivity contribution in [1.29, 1.82) is 0 Å². The molecule has 8 heteroatoms. The van der Waals surface area contributed by atoms with Gasteiger partial charge in [0.1, 0.15) is 6.61 Å². The molecule has 1 aliphatic carbocycles. The second-order valence-corrected chi connectivity index (χ2v) is 9.88. The Labute approximate surface area is 216 Å². The molecule has 1 aromatic rings. The predicted octanol–water partition coefficient (Wildman–Crippen LogP) is 7.80. The number of rotatable bonds is 11. The van der Waals surface area contributed by atoms with Crippen LogP contribution < -0.4 is 0 Å². The topological polar surface area (TPSA) is 46.5 Å². The molecule has 1 N–H and O–H groups in total. The third kappa shape index (κ3) is 11.6. The van der Waals surface area contributed by atoms with E-state index in [0.29, 0.717) is 22.9 Å². The maximum atomic E-state index is 11.4. The molecule has 0 saturated heterocycles. The van der Waals surface area contributed by atoms with E-state index in [-0.39, 0.29) is 41.2 Å². The fraction of sp³-hybridized carbons (Fsp3) is 0.542. The Morgan fingerprint density at radius 1 is 1.16 bits per heavy atom. The first-order valence-corrected chi connectivity index (χ1v) is 12.9. The highest BCUT2D eigenvalue weighted by molar-refractivity contribution is 6.40. The summed E-state index contributed by atoms with van der Waals surface area (Å²) in [5.41, 5.74) is 1.07. The fourth-order valence-corrected chi connectivity index (χ4v) is 4.95. The van der Waals surface area contributed by atoms with E-state index in [1.165, 1.54) is 0 Å².